The van der Waals surface area contributed by atoms with E-state index in [-0.39, 0.29) is 22.2 Å². The van der Waals surface area contributed by atoms with Crippen LogP contribution in [0.15, 0.2) is 12.3 Å². The molecule has 1 N–H and O–H groups in total. The lowest BCUT2D eigenvalue weighted by Crippen LogP contribution is -2.47. The normalized spacial score (nSPS) is 18.4. The molecule has 0 aliphatic heterocycles. The van der Waals surface area contributed by atoms with Crippen molar-refractivity contribution in [1.82, 2.24) is 10.3 Å². The number of carbonyl (C=O) groups is 1. The number of hydrogen-bond donors (Lipinski definition) is 1. The van der Waals surface area contributed by atoms with Crippen molar-refractivity contribution >= 4 is 17.5 Å². The Kier molecular flexibility index (Phi) is 3.85. The fourth-order valence-corrected chi connectivity index (χ4v) is 2.57. The minimum atomic E-state index is -0.557. The first-order valence-electron chi connectivity index (χ1n) is 6.14. The number of nitrogens with one attached hydrogen (secondary N) is 1. The van der Waals surface area contributed by atoms with Crippen LogP contribution in [0.5, 0.6) is 0 Å². The number of halogens is 2. The first-order chi connectivity index (χ1) is 8.50. The van der Waals surface area contributed by atoms with Gasteiger partial charge in [0.2, 0.25) is 0 Å². The molecule has 0 spiro atoms. The molecule has 0 saturated heterocycles. The first-order valence-corrected chi connectivity index (χ1v) is 6.51. The SMILES string of the molecule is CC1(NC(=O)c2cc(F)cnc2Cl)CCCCC1. The number of carbonyl (C=O) groups excluding carboxylic acids is 1. The lowest BCUT2D eigenvalue weighted by Gasteiger charge is -2.34. The second kappa shape index (κ2) is 5.22. The summed E-state index contributed by atoms with van der Waals surface area (Å²) in [5.74, 6) is -0.908. The molecule has 1 saturated carbocycles. The van der Waals surface area contributed by atoms with Crippen molar-refractivity contribution in [3.8, 4) is 0 Å². The molecule has 1 heterocycles. The van der Waals surface area contributed by atoms with Crippen molar-refractivity contribution in [3.05, 3.63) is 28.8 Å². The molecule has 5 heteroatoms. The summed E-state index contributed by atoms with van der Waals surface area (Å²) in [4.78, 5) is 15.7. The van der Waals surface area contributed by atoms with Crippen LogP contribution in [0.25, 0.3) is 0 Å². The minimum absolute atomic E-state index is 0.0355. The summed E-state index contributed by atoms with van der Waals surface area (Å²) < 4.78 is 13.1. The van der Waals surface area contributed by atoms with E-state index in [1.54, 1.807) is 0 Å². The van der Waals surface area contributed by atoms with Gasteiger partial charge in [-0.15, -0.1) is 0 Å². The van der Waals surface area contributed by atoms with E-state index in [0.717, 1.165) is 37.9 Å². The van der Waals surface area contributed by atoms with Crippen LogP contribution in [0, 0.1) is 5.82 Å². The van der Waals surface area contributed by atoms with Gasteiger partial charge in [-0.2, -0.15) is 0 Å². The fourth-order valence-electron chi connectivity index (χ4n) is 2.38. The Morgan fingerprint density at radius 3 is 2.78 bits per heavy atom. The smallest absolute Gasteiger partial charge is 0.254 e. The molecular formula is C13H16ClFN2O. The third-order valence-corrected chi connectivity index (χ3v) is 3.72. The summed E-state index contributed by atoms with van der Waals surface area (Å²) >= 11 is 5.82. The van der Waals surface area contributed by atoms with Crippen LogP contribution >= 0.6 is 11.6 Å². The molecule has 1 amide bonds. The summed E-state index contributed by atoms with van der Waals surface area (Å²) in [7, 11) is 0. The Morgan fingerprint density at radius 2 is 2.11 bits per heavy atom. The molecule has 3 nitrogen and oxygen atoms in total. The number of rotatable bonds is 2. The Morgan fingerprint density at radius 1 is 1.44 bits per heavy atom. The molecule has 1 aromatic heterocycles. The van der Waals surface area contributed by atoms with Gasteiger partial charge < -0.3 is 5.32 Å². The van der Waals surface area contributed by atoms with Crippen LogP contribution in [-0.2, 0) is 0 Å². The van der Waals surface area contributed by atoms with E-state index in [0.29, 0.717) is 0 Å². The molecule has 2 rings (SSSR count). The van der Waals surface area contributed by atoms with Gasteiger partial charge in [-0.25, -0.2) is 9.37 Å². The molecule has 98 valence electrons. The molecule has 0 aromatic carbocycles. The highest BCUT2D eigenvalue weighted by molar-refractivity contribution is 6.32. The summed E-state index contributed by atoms with van der Waals surface area (Å²) in [5, 5.41) is 2.99. The average Bonchev–Trinajstić information content (AvgIpc) is 2.32. The molecule has 0 bridgehead atoms. The molecule has 1 aliphatic rings. The van der Waals surface area contributed by atoms with E-state index in [1.165, 1.54) is 6.42 Å². The number of nitrogens with zero attached hydrogens (tertiary/aromatic N) is 1. The van der Waals surface area contributed by atoms with E-state index < -0.39 is 5.82 Å². The van der Waals surface area contributed by atoms with Gasteiger partial charge in [0.1, 0.15) is 11.0 Å². The molecule has 0 radical (unpaired) electrons. The standard InChI is InChI=1S/C13H16ClFN2O/c1-13(5-3-2-4-6-13)17-12(18)10-7-9(15)8-16-11(10)14/h7-8H,2-6H2,1H3,(H,17,18). The zero-order valence-electron chi connectivity index (χ0n) is 10.3. The predicted molar refractivity (Wildman–Crippen MR) is 68.2 cm³/mol. The van der Waals surface area contributed by atoms with Gasteiger partial charge >= 0.3 is 0 Å². The maximum absolute atomic E-state index is 13.1. The molecule has 0 unspecified atom stereocenters. The number of hydrogen-bond acceptors (Lipinski definition) is 2. The molecule has 18 heavy (non-hydrogen) atoms. The largest absolute Gasteiger partial charge is 0.347 e. The number of amides is 1. The van der Waals surface area contributed by atoms with Crippen molar-refractivity contribution in [3.63, 3.8) is 0 Å². The number of pyridine rings is 1. The van der Waals surface area contributed by atoms with Crippen molar-refractivity contribution in [2.45, 2.75) is 44.6 Å². The van der Waals surface area contributed by atoms with Crippen LogP contribution < -0.4 is 5.32 Å². The van der Waals surface area contributed by atoms with E-state index in [2.05, 4.69) is 10.3 Å². The molecule has 1 aromatic rings. The van der Waals surface area contributed by atoms with Gasteiger partial charge in [0.05, 0.1) is 11.8 Å². The Bertz CT molecular complexity index is 458. The topological polar surface area (TPSA) is 42.0 Å². The zero-order chi connectivity index (χ0) is 13.2. The number of aromatic nitrogens is 1. The van der Waals surface area contributed by atoms with Gasteiger partial charge in [-0.1, -0.05) is 30.9 Å². The van der Waals surface area contributed by atoms with Crippen LogP contribution in [0.1, 0.15) is 49.4 Å². The van der Waals surface area contributed by atoms with Crippen molar-refractivity contribution in [2.75, 3.05) is 0 Å². The van der Waals surface area contributed by atoms with Gasteiger partial charge in [0, 0.05) is 5.54 Å². The third-order valence-electron chi connectivity index (χ3n) is 3.42. The lowest BCUT2D eigenvalue weighted by atomic mass is 9.83. The van der Waals surface area contributed by atoms with E-state index in [9.17, 15) is 9.18 Å². The predicted octanol–water partition coefficient (Wildman–Crippen LogP) is 3.33. The Balaban J connectivity index is 2.14. The van der Waals surface area contributed by atoms with Crippen LogP contribution in [0.3, 0.4) is 0 Å². The van der Waals surface area contributed by atoms with Crippen LogP contribution in [-0.4, -0.2) is 16.4 Å². The highest BCUT2D eigenvalue weighted by Crippen LogP contribution is 2.28. The second-order valence-electron chi connectivity index (χ2n) is 5.07. The van der Waals surface area contributed by atoms with Gasteiger partial charge in [-0.3, -0.25) is 4.79 Å². The maximum Gasteiger partial charge on any atom is 0.254 e. The van der Waals surface area contributed by atoms with Gasteiger partial charge in [0.15, 0.2) is 0 Å². The van der Waals surface area contributed by atoms with Gasteiger partial charge in [-0.05, 0) is 25.8 Å². The monoisotopic (exact) mass is 270 g/mol. The molecular weight excluding hydrogens is 255 g/mol. The Hall–Kier alpha value is -1.16. The summed E-state index contributed by atoms with van der Waals surface area (Å²) in [6.07, 6.45) is 6.30. The molecule has 1 fully saturated rings. The van der Waals surface area contributed by atoms with E-state index in [4.69, 9.17) is 11.6 Å². The van der Waals surface area contributed by atoms with Crippen molar-refractivity contribution in [2.24, 2.45) is 0 Å². The molecule has 1 aliphatic carbocycles. The molecule has 0 atom stereocenters. The summed E-state index contributed by atoms with van der Waals surface area (Å²) in [6.45, 7) is 2.02. The minimum Gasteiger partial charge on any atom is -0.347 e. The first kappa shape index (κ1) is 13.3. The van der Waals surface area contributed by atoms with Crippen LogP contribution in [0.4, 0.5) is 4.39 Å². The van der Waals surface area contributed by atoms with E-state index in [1.807, 2.05) is 6.92 Å². The Labute approximate surface area is 111 Å². The maximum atomic E-state index is 13.1. The highest BCUT2D eigenvalue weighted by Gasteiger charge is 2.29. The van der Waals surface area contributed by atoms with Crippen LogP contribution in [0.2, 0.25) is 5.15 Å². The summed E-state index contributed by atoms with van der Waals surface area (Å²) in [5.41, 5.74) is -0.117. The highest BCUT2D eigenvalue weighted by atomic mass is 35.5. The lowest BCUT2D eigenvalue weighted by molar-refractivity contribution is 0.0882. The quantitative estimate of drug-likeness (QED) is 0.838. The van der Waals surface area contributed by atoms with Crippen molar-refractivity contribution < 1.29 is 9.18 Å². The van der Waals surface area contributed by atoms with E-state index >= 15 is 0 Å². The second-order valence-corrected chi connectivity index (χ2v) is 5.43. The van der Waals surface area contributed by atoms with Gasteiger partial charge in [0.25, 0.3) is 5.91 Å². The zero-order valence-corrected chi connectivity index (χ0v) is 11.1. The summed E-state index contributed by atoms with van der Waals surface area (Å²) in [6, 6.07) is 1.12. The van der Waals surface area contributed by atoms with Crippen molar-refractivity contribution in [1.29, 1.82) is 0 Å². The fraction of sp³-hybridized carbons (Fsp3) is 0.538. The third kappa shape index (κ3) is 2.99. The average molecular weight is 271 g/mol.